The molecule has 0 bridgehead atoms. The van der Waals surface area contributed by atoms with E-state index in [1.54, 1.807) is 36.6 Å². The van der Waals surface area contributed by atoms with Crippen molar-refractivity contribution in [3.8, 4) is 11.3 Å². The highest BCUT2D eigenvalue weighted by Crippen LogP contribution is 2.25. The van der Waals surface area contributed by atoms with Crippen molar-refractivity contribution in [2.45, 2.75) is 19.0 Å². The number of carboxylic acid groups (broad SMARTS) is 1. The SMILES string of the molecule is O=C(O)[C@H]1Cc2nc[nH]c2CN1C(=O)c1cccc(-c2ccco2)c1. The Balaban J connectivity index is 1.68. The first kappa shape index (κ1) is 15.2. The van der Waals surface area contributed by atoms with Gasteiger partial charge in [0.15, 0.2) is 0 Å². The van der Waals surface area contributed by atoms with Gasteiger partial charge in [0.1, 0.15) is 11.8 Å². The van der Waals surface area contributed by atoms with Crippen molar-refractivity contribution in [1.82, 2.24) is 14.9 Å². The molecule has 1 aliphatic rings. The molecule has 1 amide bonds. The van der Waals surface area contributed by atoms with E-state index in [4.69, 9.17) is 4.42 Å². The number of aromatic amines is 1. The Kier molecular flexibility index (Phi) is 3.61. The molecule has 7 nitrogen and oxygen atoms in total. The van der Waals surface area contributed by atoms with Gasteiger partial charge in [-0.25, -0.2) is 9.78 Å². The fraction of sp³-hybridized carbons (Fsp3) is 0.167. The molecule has 2 aromatic heterocycles. The van der Waals surface area contributed by atoms with Crippen molar-refractivity contribution in [2.24, 2.45) is 0 Å². The van der Waals surface area contributed by atoms with Crippen LogP contribution in [-0.4, -0.2) is 37.9 Å². The van der Waals surface area contributed by atoms with Gasteiger partial charge >= 0.3 is 5.97 Å². The zero-order valence-corrected chi connectivity index (χ0v) is 13.2. The Hall–Kier alpha value is -3.35. The van der Waals surface area contributed by atoms with E-state index >= 15 is 0 Å². The van der Waals surface area contributed by atoms with E-state index in [0.717, 1.165) is 11.3 Å². The lowest BCUT2D eigenvalue weighted by atomic mass is 10.0. The molecular weight excluding hydrogens is 322 g/mol. The second-order valence-corrected chi connectivity index (χ2v) is 5.88. The molecule has 25 heavy (non-hydrogen) atoms. The summed E-state index contributed by atoms with van der Waals surface area (Å²) >= 11 is 0. The van der Waals surface area contributed by atoms with E-state index in [-0.39, 0.29) is 18.9 Å². The largest absolute Gasteiger partial charge is 0.480 e. The first-order valence-electron chi connectivity index (χ1n) is 7.82. The summed E-state index contributed by atoms with van der Waals surface area (Å²) in [7, 11) is 0. The molecular formula is C18H15N3O4. The molecule has 4 rings (SSSR count). The van der Waals surface area contributed by atoms with Gasteiger partial charge in [0.25, 0.3) is 5.91 Å². The number of fused-ring (bicyclic) bond motifs is 1. The average molecular weight is 337 g/mol. The molecule has 0 spiro atoms. The zero-order valence-electron chi connectivity index (χ0n) is 13.2. The third-order valence-electron chi connectivity index (χ3n) is 4.36. The van der Waals surface area contributed by atoms with E-state index < -0.39 is 12.0 Å². The number of amides is 1. The molecule has 0 saturated heterocycles. The minimum atomic E-state index is -1.04. The van der Waals surface area contributed by atoms with Crippen molar-refractivity contribution in [1.29, 1.82) is 0 Å². The fourth-order valence-electron chi connectivity index (χ4n) is 3.08. The van der Waals surface area contributed by atoms with Crippen LogP contribution in [0, 0.1) is 0 Å². The highest BCUT2D eigenvalue weighted by atomic mass is 16.4. The van der Waals surface area contributed by atoms with Crippen molar-refractivity contribution >= 4 is 11.9 Å². The summed E-state index contributed by atoms with van der Waals surface area (Å²) in [6, 6.07) is 9.63. The lowest BCUT2D eigenvalue weighted by Crippen LogP contribution is -2.48. The number of aliphatic carboxylic acids is 1. The van der Waals surface area contributed by atoms with E-state index in [0.29, 0.717) is 17.0 Å². The van der Waals surface area contributed by atoms with Crippen LogP contribution in [-0.2, 0) is 17.8 Å². The molecule has 126 valence electrons. The van der Waals surface area contributed by atoms with Gasteiger partial charge in [0.05, 0.1) is 30.5 Å². The number of aromatic nitrogens is 2. The molecule has 1 aliphatic heterocycles. The second-order valence-electron chi connectivity index (χ2n) is 5.88. The van der Waals surface area contributed by atoms with Gasteiger partial charge in [-0.15, -0.1) is 0 Å². The number of imidazole rings is 1. The number of nitrogens with zero attached hydrogens (tertiary/aromatic N) is 2. The number of H-pyrrole nitrogens is 1. The van der Waals surface area contributed by atoms with E-state index in [2.05, 4.69) is 9.97 Å². The van der Waals surface area contributed by atoms with E-state index in [1.807, 2.05) is 6.07 Å². The molecule has 0 unspecified atom stereocenters. The number of carboxylic acids is 1. The Bertz CT molecular complexity index is 929. The highest BCUT2D eigenvalue weighted by Gasteiger charge is 2.36. The number of nitrogens with one attached hydrogen (secondary N) is 1. The quantitative estimate of drug-likeness (QED) is 0.764. The number of furan rings is 1. The minimum absolute atomic E-state index is 0.191. The lowest BCUT2D eigenvalue weighted by molar-refractivity contribution is -0.142. The highest BCUT2D eigenvalue weighted by molar-refractivity contribution is 5.97. The van der Waals surface area contributed by atoms with Gasteiger partial charge in [0.2, 0.25) is 0 Å². The van der Waals surface area contributed by atoms with Crippen LogP contribution in [0.4, 0.5) is 0 Å². The molecule has 3 heterocycles. The van der Waals surface area contributed by atoms with Gasteiger partial charge in [-0.1, -0.05) is 12.1 Å². The Morgan fingerprint density at radius 2 is 2.16 bits per heavy atom. The van der Waals surface area contributed by atoms with Crippen LogP contribution < -0.4 is 0 Å². The molecule has 0 fully saturated rings. The van der Waals surface area contributed by atoms with Crippen molar-refractivity contribution in [3.05, 3.63) is 65.9 Å². The molecule has 0 saturated carbocycles. The number of hydrogen-bond acceptors (Lipinski definition) is 4. The van der Waals surface area contributed by atoms with Crippen LogP contribution in [0.15, 0.2) is 53.4 Å². The predicted octanol–water partition coefficient (Wildman–Crippen LogP) is 2.32. The summed E-state index contributed by atoms with van der Waals surface area (Å²) in [6.45, 7) is 0.191. The smallest absolute Gasteiger partial charge is 0.326 e. The topological polar surface area (TPSA) is 99.4 Å². The first-order valence-corrected chi connectivity index (χ1v) is 7.82. The third-order valence-corrected chi connectivity index (χ3v) is 4.36. The molecule has 0 aliphatic carbocycles. The maximum atomic E-state index is 13.0. The van der Waals surface area contributed by atoms with Crippen LogP contribution in [0.25, 0.3) is 11.3 Å². The van der Waals surface area contributed by atoms with Crippen LogP contribution >= 0.6 is 0 Å². The van der Waals surface area contributed by atoms with Gasteiger partial charge in [-0.3, -0.25) is 4.79 Å². The number of benzene rings is 1. The monoisotopic (exact) mass is 337 g/mol. The Labute approximate surface area is 142 Å². The van der Waals surface area contributed by atoms with Gasteiger partial charge in [0, 0.05) is 17.5 Å². The third kappa shape index (κ3) is 2.69. The van der Waals surface area contributed by atoms with Gasteiger partial charge in [-0.2, -0.15) is 0 Å². The minimum Gasteiger partial charge on any atom is -0.480 e. The van der Waals surface area contributed by atoms with E-state index in [9.17, 15) is 14.7 Å². The van der Waals surface area contributed by atoms with Crippen LogP contribution in [0.1, 0.15) is 21.7 Å². The summed E-state index contributed by atoms with van der Waals surface area (Å²) in [5.41, 5.74) is 2.65. The van der Waals surface area contributed by atoms with Crippen molar-refractivity contribution in [3.63, 3.8) is 0 Å². The first-order chi connectivity index (χ1) is 12.1. The van der Waals surface area contributed by atoms with Gasteiger partial charge in [-0.05, 0) is 24.3 Å². The molecule has 1 atom stereocenters. The number of rotatable bonds is 3. The number of hydrogen-bond donors (Lipinski definition) is 2. The fourth-order valence-corrected chi connectivity index (χ4v) is 3.08. The molecule has 0 radical (unpaired) electrons. The summed E-state index contributed by atoms with van der Waals surface area (Å²) in [5.74, 6) is -0.718. The summed E-state index contributed by atoms with van der Waals surface area (Å²) in [4.78, 5) is 33.1. The standard InChI is InChI=1S/C18H15N3O4/c22-17(12-4-1-3-11(7-12)16-5-2-6-25-16)21-9-14-13(19-10-20-14)8-15(21)18(23)24/h1-7,10,15H,8-9H2,(H,19,20)(H,23,24)/t15-/m1/s1. The number of carbonyl (C=O) groups excluding carboxylic acids is 1. The van der Waals surface area contributed by atoms with Crippen LogP contribution in [0.3, 0.4) is 0 Å². The normalized spacial score (nSPS) is 16.5. The lowest BCUT2D eigenvalue weighted by Gasteiger charge is -2.32. The van der Waals surface area contributed by atoms with E-state index in [1.165, 1.54) is 11.2 Å². The van der Waals surface area contributed by atoms with Crippen molar-refractivity contribution in [2.75, 3.05) is 0 Å². The Morgan fingerprint density at radius 3 is 2.92 bits per heavy atom. The molecule has 3 aromatic rings. The molecule has 2 N–H and O–H groups in total. The molecule has 7 heteroatoms. The predicted molar refractivity (Wildman–Crippen MR) is 87.7 cm³/mol. The number of carbonyl (C=O) groups is 2. The summed E-state index contributed by atoms with van der Waals surface area (Å²) < 4.78 is 5.36. The molecule has 1 aromatic carbocycles. The maximum absolute atomic E-state index is 13.0. The summed E-state index contributed by atoms with van der Waals surface area (Å²) in [6.07, 6.45) is 3.28. The van der Waals surface area contributed by atoms with Crippen molar-refractivity contribution < 1.29 is 19.1 Å². The average Bonchev–Trinajstić information content (AvgIpc) is 3.31. The summed E-state index contributed by atoms with van der Waals surface area (Å²) in [5, 5.41) is 9.53. The maximum Gasteiger partial charge on any atom is 0.326 e. The second kappa shape index (κ2) is 5.94. The van der Waals surface area contributed by atoms with Crippen LogP contribution in [0.2, 0.25) is 0 Å². The van der Waals surface area contributed by atoms with Crippen LogP contribution in [0.5, 0.6) is 0 Å². The Morgan fingerprint density at radius 1 is 1.28 bits per heavy atom. The van der Waals surface area contributed by atoms with Gasteiger partial charge < -0.3 is 19.4 Å². The zero-order chi connectivity index (χ0) is 17.4.